The zero-order valence-electron chi connectivity index (χ0n) is 8.05. The Labute approximate surface area is 80.0 Å². The summed E-state index contributed by atoms with van der Waals surface area (Å²) in [5, 5.41) is 0. The molecule has 0 aromatic rings. The van der Waals surface area contributed by atoms with Crippen molar-refractivity contribution in [3.63, 3.8) is 0 Å². The van der Waals surface area contributed by atoms with Gasteiger partial charge in [-0.15, -0.1) is 0 Å². The quantitative estimate of drug-likeness (QED) is 0.522. The molecule has 0 N–H and O–H groups in total. The van der Waals surface area contributed by atoms with Crippen LogP contribution in [0.2, 0.25) is 0 Å². The number of fused-ring (bicyclic) bond motifs is 2. The molecule has 0 heteroatoms. The van der Waals surface area contributed by atoms with Gasteiger partial charge in [-0.05, 0) is 61.2 Å². The fourth-order valence-corrected chi connectivity index (χ4v) is 3.03. The third-order valence-corrected chi connectivity index (χ3v) is 3.70. The van der Waals surface area contributed by atoms with Gasteiger partial charge in [0.25, 0.3) is 0 Å². The highest BCUT2D eigenvalue weighted by molar-refractivity contribution is 5.49. The van der Waals surface area contributed by atoms with E-state index in [1.807, 2.05) is 0 Å². The Morgan fingerprint density at radius 3 is 3.23 bits per heavy atom. The highest BCUT2D eigenvalue weighted by Gasteiger charge is 2.27. The summed E-state index contributed by atoms with van der Waals surface area (Å²) in [5.74, 6) is 0.924. The van der Waals surface area contributed by atoms with E-state index in [2.05, 4.69) is 18.2 Å². The van der Waals surface area contributed by atoms with Crippen molar-refractivity contribution < 1.29 is 0 Å². The lowest BCUT2D eigenvalue weighted by molar-refractivity contribution is 0.468. The first kappa shape index (κ1) is 7.61. The highest BCUT2D eigenvalue weighted by atomic mass is 14.3. The van der Waals surface area contributed by atoms with E-state index in [4.69, 9.17) is 0 Å². The van der Waals surface area contributed by atoms with Gasteiger partial charge in [-0.25, -0.2) is 0 Å². The van der Waals surface area contributed by atoms with Gasteiger partial charge in [-0.3, -0.25) is 0 Å². The molecule has 0 amide bonds. The average molecular weight is 172 g/mol. The Morgan fingerprint density at radius 1 is 1.23 bits per heavy atom. The van der Waals surface area contributed by atoms with E-state index in [-0.39, 0.29) is 0 Å². The van der Waals surface area contributed by atoms with Crippen molar-refractivity contribution in [2.75, 3.05) is 0 Å². The first-order chi connectivity index (χ1) is 6.45. The largest absolute Gasteiger partial charge is 0.0807 e. The number of allylic oxidation sites excluding steroid dienone is 6. The molecule has 0 aromatic heterocycles. The molecular weight excluding hydrogens is 156 g/mol. The lowest BCUT2D eigenvalue weighted by Crippen LogP contribution is -2.15. The second kappa shape index (κ2) is 2.87. The van der Waals surface area contributed by atoms with Gasteiger partial charge in [0.1, 0.15) is 0 Å². The third kappa shape index (κ3) is 1.12. The number of rotatable bonds is 0. The molecule has 0 fully saturated rings. The summed E-state index contributed by atoms with van der Waals surface area (Å²) in [6.45, 7) is 0. The van der Waals surface area contributed by atoms with E-state index in [0.717, 1.165) is 5.92 Å². The van der Waals surface area contributed by atoms with Crippen LogP contribution < -0.4 is 0 Å². The van der Waals surface area contributed by atoms with Gasteiger partial charge in [0.15, 0.2) is 0 Å². The van der Waals surface area contributed by atoms with Crippen LogP contribution in [-0.4, -0.2) is 0 Å². The van der Waals surface area contributed by atoms with Crippen LogP contribution in [0.4, 0.5) is 0 Å². The van der Waals surface area contributed by atoms with Crippen LogP contribution in [0.1, 0.15) is 38.5 Å². The van der Waals surface area contributed by atoms with Crippen LogP contribution in [0.15, 0.2) is 34.9 Å². The monoisotopic (exact) mass is 172 g/mol. The van der Waals surface area contributed by atoms with Crippen LogP contribution in [-0.2, 0) is 0 Å². The minimum Gasteiger partial charge on any atom is -0.0807 e. The lowest BCUT2D eigenvalue weighted by Gasteiger charge is -2.30. The van der Waals surface area contributed by atoms with Crippen molar-refractivity contribution in [1.29, 1.82) is 0 Å². The summed E-state index contributed by atoms with van der Waals surface area (Å²) < 4.78 is 0. The molecule has 1 atom stereocenters. The topological polar surface area (TPSA) is 0 Å². The molecule has 3 aliphatic carbocycles. The van der Waals surface area contributed by atoms with Crippen molar-refractivity contribution in [3.05, 3.63) is 34.9 Å². The van der Waals surface area contributed by atoms with Crippen molar-refractivity contribution >= 4 is 0 Å². The Bertz CT molecular complexity index is 315. The van der Waals surface area contributed by atoms with Gasteiger partial charge in [0.2, 0.25) is 0 Å². The standard InChI is InChI=1S/C13H16/c1-2-6-12-10(4-1)8-9-11-5-3-7-13(11)12/h3,5-6,10H,1-2,4,7-9H2. The van der Waals surface area contributed by atoms with E-state index >= 15 is 0 Å². The molecule has 0 saturated heterocycles. The van der Waals surface area contributed by atoms with Crippen LogP contribution in [0.3, 0.4) is 0 Å². The molecule has 0 saturated carbocycles. The number of hydrogen-bond donors (Lipinski definition) is 0. The SMILES string of the molecule is C1=CC2=C(C1)C1=CCCCC1CC2. The summed E-state index contributed by atoms with van der Waals surface area (Å²) in [4.78, 5) is 0. The highest BCUT2D eigenvalue weighted by Crippen LogP contribution is 2.43. The van der Waals surface area contributed by atoms with Gasteiger partial charge < -0.3 is 0 Å². The summed E-state index contributed by atoms with van der Waals surface area (Å²) in [6.07, 6.45) is 15.4. The second-order valence-electron chi connectivity index (χ2n) is 4.44. The predicted octanol–water partition coefficient (Wildman–Crippen LogP) is 3.76. The fraction of sp³-hybridized carbons (Fsp3) is 0.538. The summed E-state index contributed by atoms with van der Waals surface area (Å²) in [5.41, 5.74) is 5.05. The molecule has 0 radical (unpaired) electrons. The number of hydrogen-bond acceptors (Lipinski definition) is 0. The van der Waals surface area contributed by atoms with Crippen molar-refractivity contribution in [2.45, 2.75) is 38.5 Å². The Morgan fingerprint density at radius 2 is 2.23 bits per heavy atom. The van der Waals surface area contributed by atoms with Crippen molar-refractivity contribution in [1.82, 2.24) is 0 Å². The third-order valence-electron chi connectivity index (χ3n) is 3.70. The zero-order chi connectivity index (χ0) is 8.67. The van der Waals surface area contributed by atoms with Gasteiger partial charge in [0.05, 0.1) is 0 Å². The molecule has 68 valence electrons. The average Bonchev–Trinajstić information content (AvgIpc) is 2.65. The van der Waals surface area contributed by atoms with E-state index in [1.165, 1.54) is 38.5 Å². The second-order valence-corrected chi connectivity index (χ2v) is 4.44. The molecular formula is C13H16. The first-order valence-corrected chi connectivity index (χ1v) is 5.54. The minimum atomic E-state index is 0.924. The molecule has 13 heavy (non-hydrogen) atoms. The molecule has 0 bridgehead atoms. The minimum absolute atomic E-state index is 0.924. The molecule has 0 aromatic carbocycles. The van der Waals surface area contributed by atoms with Gasteiger partial charge >= 0.3 is 0 Å². The molecule has 3 rings (SSSR count). The molecule has 0 spiro atoms. The molecule has 3 aliphatic rings. The van der Waals surface area contributed by atoms with Gasteiger partial charge in [-0.1, -0.05) is 18.2 Å². The maximum atomic E-state index is 2.51. The fourth-order valence-electron chi connectivity index (χ4n) is 3.03. The summed E-state index contributed by atoms with van der Waals surface area (Å²) in [7, 11) is 0. The Kier molecular flexibility index (Phi) is 1.68. The molecule has 0 aliphatic heterocycles. The van der Waals surface area contributed by atoms with E-state index in [9.17, 15) is 0 Å². The van der Waals surface area contributed by atoms with Crippen LogP contribution in [0, 0.1) is 5.92 Å². The summed E-state index contributed by atoms with van der Waals surface area (Å²) in [6, 6.07) is 0. The van der Waals surface area contributed by atoms with Crippen LogP contribution in [0.25, 0.3) is 0 Å². The van der Waals surface area contributed by atoms with Crippen molar-refractivity contribution in [2.24, 2.45) is 5.92 Å². The molecule has 0 heterocycles. The van der Waals surface area contributed by atoms with E-state index in [1.54, 1.807) is 16.7 Å². The summed E-state index contributed by atoms with van der Waals surface area (Å²) >= 11 is 0. The molecule has 1 unspecified atom stereocenters. The van der Waals surface area contributed by atoms with E-state index < -0.39 is 0 Å². The Hall–Kier alpha value is -0.780. The van der Waals surface area contributed by atoms with Crippen LogP contribution in [0.5, 0.6) is 0 Å². The maximum absolute atomic E-state index is 2.51. The Balaban J connectivity index is 2.02. The maximum Gasteiger partial charge on any atom is -0.00888 e. The molecule has 0 nitrogen and oxygen atoms in total. The normalized spacial score (nSPS) is 31.4. The predicted molar refractivity (Wildman–Crippen MR) is 55.4 cm³/mol. The van der Waals surface area contributed by atoms with Crippen molar-refractivity contribution in [3.8, 4) is 0 Å². The first-order valence-electron chi connectivity index (χ1n) is 5.54. The zero-order valence-corrected chi connectivity index (χ0v) is 8.05. The lowest BCUT2D eigenvalue weighted by atomic mass is 9.75. The van der Waals surface area contributed by atoms with E-state index in [0.29, 0.717) is 0 Å². The van der Waals surface area contributed by atoms with Gasteiger partial charge in [-0.2, -0.15) is 0 Å². The van der Waals surface area contributed by atoms with Crippen LogP contribution >= 0.6 is 0 Å². The smallest absolute Gasteiger partial charge is 0.00888 e. The van der Waals surface area contributed by atoms with Gasteiger partial charge in [0, 0.05) is 0 Å².